The third-order valence-electron chi connectivity index (χ3n) is 2.68. The molecule has 1 aliphatic rings. The van der Waals surface area contributed by atoms with E-state index < -0.39 is 11.7 Å². The third kappa shape index (κ3) is 2.11. The van der Waals surface area contributed by atoms with Gasteiger partial charge in [-0.3, -0.25) is 9.59 Å². The van der Waals surface area contributed by atoms with E-state index in [0.717, 1.165) is 5.56 Å². The molecule has 0 aromatic heterocycles. The molecule has 0 radical (unpaired) electrons. The molecular weight excluding hydrogens is 238 g/mol. The van der Waals surface area contributed by atoms with Crippen molar-refractivity contribution >= 4 is 29.0 Å². The summed E-state index contributed by atoms with van der Waals surface area (Å²) in [7, 11) is 0. The second-order valence-corrected chi connectivity index (χ2v) is 4.65. The van der Waals surface area contributed by atoms with Crippen molar-refractivity contribution in [2.75, 3.05) is 11.4 Å². The Hall–Kier alpha value is -1.61. The SMILES string of the molecule is C/C(Cl)=C\CN1C(=O)C(=O)c2cc(C)ccc21. The van der Waals surface area contributed by atoms with Crippen LogP contribution >= 0.6 is 11.6 Å². The number of hydrogen-bond donors (Lipinski definition) is 0. The van der Waals surface area contributed by atoms with Crippen LogP contribution in [0.5, 0.6) is 0 Å². The first-order valence-corrected chi connectivity index (χ1v) is 5.67. The Morgan fingerprint density at radius 2 is 2.12 bits per heavy atom. The van der Waals surface area contributed by atoms with E-state index in [2.05, 4.69) is 0 Å². The number of nitrogens with zero attached hydrogens (tertiary/aromatic N) is 1. The van der Waals surface area contributed by atoms with Gasteiger partial charge in [0, 0.05) is 11.6 Å². The van der Waals surface area contributed by atoms with Gasteiger partial charge in [0.25, 0.3) is 11.7 Å². The van der Waals surface area contributed by atoms with Gasteiger partial charge in [-0.2, -0.15) is 0 Å². The van der Waals surface area contributed by atoms with Crippen molar-refractivity contribution < 1.29 is 9.59 Å². The molecule has 2 rings (SSSR count). The number of carbonyl (C=O) groups excluding carboxylic acids is 2. The van der Waals surface area contributed by atoms with Gasteiger partial charge in [0.1, 0.15) is 0 Å². The standard InChI is InChI=1S/C13H12ClNO2/c1-8-3-4-11-10(7-8)12(16)13(17)15(11)6-5-9(2)14/h3-5,7H,6H2,1-2H3/b9-5+. The van der Waals surface area contributed by atoms with Crippen molar-refractivity contribution in [2.24, 2.45) is 0 Å². The first-order chi connectivity index (χ1) is 8.00. The second-order valence-electron chi connectivity index (χ2n) is 4.06. The normalized spacial score (nSPS) is 15.5. The Morgan fingerprint density at radius 1 is 1.41 bits per heavy atom. The quantitative estimate of drug-likeness (QED) is 0.756. The van der Waals surface area contributed by atoms with E-state index in [0.29, 0.717) is 22.8 Å². The van der Waals surface area contributed by atoms with Crippen molar-refractivity contribution in [1.82, 2.24) is 0 Å². The highest BCUT2D eigenvalue weighted by molar-refractivity contribution is 6.52. The second kappa shape index (κ2) is 4.34. The number of fused-ring (bicyclic) bond motifs is 1. The summed E-state index contributed by atoms with van der Waals surface area (Å²) in [6.07, 6.45) is 1.71. The number of Topliss-reactive ketones (excluding diaryl/α,β-unsaturated/α-hetero) is 1. The predicted octanol–water partition coefficient (Wildman–Crippen LogP) is 2.67. The van der Waals surface area contributed by atoms with Gasteiger partial charge in [-0.1, -0.05) is 29.3 Å². The minimum atomic E-state index is -0.486. The number of allylic oxidation sites excluding steroid dienone is 1. The fourth-order valence-electron chi connectivity index (χ4n) is 1.81. The summed E-state index contributed by atoms with van der Waals surface area (Å²) in [5, 5.41) is 0.603. The maximum atomic E-state index is 11.8. The van der Waals surface area contributed by atoms with Gasteiger partial charge in [0.2, 0.25) is 0 Å². The molecule has 1 aromatic carbocycles. The molecule has 1 heterocycles. The number of hydrogen-bond acceptors (Lipinski definition) is 2. The molecule has 1 aromatic rings. The Labute approximate surface area is 105 Å². The van der Waals surface area contributed by atoms with E-state index in [9.17, 15) is 9.59 Å². The molecule has 1 amide bonds. The third-order valence-corrected chi connectivity index (χ3v) is 2.84. The number of aryl methyl sites for hydroxylation is 1. The van der Waals surface area contributed by atoms with E-state index >= 15 is 0 Å². The van der Waals surface area contributed by atoms with Crippen LogP contribution in [0, 0.1) is 6.92 Å². The van der Waals surface area contributed by atoms with Crippen molar-refractivity contribution in [3.05, 3.63) is 40.4 Å². The van der Waals surface area contributed by atoms with Crippen LogP contribution in [0.3, 0.4) is 0 Å². The van der Waals surface area contributed by atoms with Gasteiger partial charge >= 0.3 is 0 Å². The molecule has 88 valence electrons. The molecule has 0 saturated carbocycles. The van der Waals surface area contributed by atoms with E-state index in [1.807, 2.05) is 13.0 Å². The van der Waals surface area contributed by atoms with Gasteiger partial charge in [-0.05, 0) is 26.0 Å². The molecule has 17 heavy (non-hydrogen) atoms. The van der Waals surface area contributed by atoms with Gasteiger partial charge in [0.05, 0.1) is 11.3 Å². The van der Waals surface area contributed by atoms with Crippen LogP contribution in [0.2, 0.25) is 0 Å². The van der Waals surface area contributed by atoms with E-state index in [4.69, 9.17) is 11.6 Å². The van der Waals surface area contributed by atoms with E-state index in [-0.39, 0.29) is 0 Å². The maximum Gasteiger partial charge on any atom is 0.299 e. The van der Waals surface area contributed by atoms with Crippen LogP contribution in [0.4, 0.5) is 5.69 Å². The first kappa shape index (κ1) is 11.9. The van der Waals surface area contributed by atoms with Gasteiger partial charge in [-0.25, -0.2) is 0 Å². The van der Waals surface area contributed by atoms with E-state index in [1.54, 1.807) is 25.1 Å². The largest absolute Gasteiger partial charge is 0.301 e. The Morgan fingerprint density at radius 3 is 2.76 bits per heavy atom. The highest BCUT2D eigenvalue weighted by atomic mass is 35.5. The van der Waals surface area contributed by atoms with Crippen LogP contribution in [-0.4, -0.2) is 18.2 Å². The summed E-state index contributed by atoms with van der Waals surface area (Å²) < 4.78 is 0. The Balaban J connectivity index is 2.41. The summed E-state index contributed by atoms with van der Waals surface area (Å²) in [5.41, 5.74) is 2.12. The number of halogens is 1. The zero-order valence-corrected chi connectivity index (χ0v) is 10.4. The number of amides is 1. The Kier molecular flexibility index (Phi) is 3.03. The van der Waals surface area contributed by atoms with Crippen molar-refractivity contribution in [1.29, 1.82) is 0 Å². The zero-order valence-electron chi connectivity index (χ0n) is 9.66. The van der Waals surface area contributed by atoms with Crippen LogP contribution in [-0.2, 0) is 4.79 Å². The number of ketones is 1. The van der Waals surface area contributed by atoms with Crippen LogP contribution in [0.25, 0.3) is 0 Å². The first-order valence-electron chi connectivity index (χ1n) is 5.30. The van der Waals surface area contributed by atoms with Crippen molar-refractivity contribution in [3.8, 4) is 0 Å². The lowest BCUT2D eigenvalue weighted by atomic mass is 10.1. The number of carbonyl (C=O) groups is 2. The van der Waals surface area contributed by atoms with Crippen LogP contribution in [0.1, 0.15) is 22.8 Å². The Bertz CT molecular complexity index is 530. The van der Waals surface area contributed by atoms with E-state index in [1.165, 1.54) is 4.90 Å². The summed E-state index contributed by atoms with van der Waals surface area (Å²) in [5.74, 6) is -0.927. The monoisotopic (exact) mass is 249 g/mol. The molecule has 4 heteroatoms. The zero-order chi connectivity index (χ0) is 12.6. The fraction of sp³-hybridized carbons (Fsp3) is 0.231. The molecule has 0 saturated heterocycles. The fourth-order valence-corrected chi connectivity index (χ4v) is 1.88. The molecule has 0 unspecified atom stereocenters. The molecule has 3 nitrogen and oxygen atoms in total. The minimum Gasteiger partial charge on any atom is -0.301 e. The lowest BCUT2D eigenvalue weighted by molar-refractivity contribution is -0.114. The molecule has 1 aliphatic heterocycles. The van der Waals surface area contributed by atoms with Gasteiger partial charge in [0.15, 0.2) is 0 Å². The number of benzene rings is 1. The molecule has 0 bridgehead atoms. The molecule has 0 atom stereocenters. The van der Waals surface area contributed by atoms with Crippen LogP contribution in [0.15, 0.2) is 29.3 Å². The molecule has 0 fully saturated rings. The number of anilines is 1. The smallest absolute Gasteiger partial charge is 0.299 e. The topological polar surface area (TPSA) is 37.4 Å². The molecule has 0 aliphatic carbocycles. The summed E-state index contributed by atoms with van der Waals surface area (Å²) >= 11 is 5.73. The average Bonchev–Trinajstić information content (AvgIpc) is 2.50. The molecule has 0 N–H and O–H groups in total. The highest BCUT2D eigenvalue weighted by Gasteiger charge is 2.34. The van der Waals surface area contributed by atoms with Gasteiger partial charge in [-0.15, -0.1) is 0 Å². The molecule has 0 spiro atoms. The van der Waals surface area contributed by atoms with Crippen molar-refractivity contribution in [3.63, 3.8) is 0 Å². The molecular formula is C13H12ClNO2. The van der Waals surface area contributed by atoms with Crippen LogP contribution < -0.4 is 4.90 Å². The maximum absolute atomic E-state index is 11.8. The summed E-state index contributed by atoms with van der Waals surface area (Å²) in [6.45, 7) is 3.96. The summed E-state index contributed by atoms with van der Waals surface area (Å²) in [4.78, 5) is 25.0. The lowest BCUT2D eigenvalue weighted by Gasteiger charge is -2.14. The number of rotatable bonds is 2. The van der Waals surface area contributed by atoms with Gasteiger partial charge < -0.3 is 4.90 Å². The lowest BCUT2D eigenvalue weighted by Crippen LogP contribution is -2.29. The average molecular weight is 250 g/mol. The summed E-state index contributed by atoms with van der Waals surface area (Å²) in [6, 6.07) is 5.42. The highest BCUT2D eigenvalue weighted by Crippen LogP contribution is 2.29. The predicted molar refractivity (Wildman–Crippen MR) is 67.5 cm³/mol. The van der Waals surface area contributed by atoms with Crippen molar-refractivity contribution in [2.45, 2.75) is 13.8 Å². The minimum absolute atomic E-state index is 0.329.